The standard InChI is InChI=1S/C16H19N3O/c1-3-16-18-8-9-19(16)11-13-12-6-4-5-7-14(12)20-15(13)10-17-2/h4-9,17H,3,10-11H2,1-2H3. The average Bonchev–Trinajstić information content (AvgIpc) is 3.05. The highest BCUT2D eigenvalue weighted by atomic mass is 16.3. The quantitative estimate of drug-likeness (QED) is 0.774. The maximum Gasteiger partial charge on any atom is 0.134 e. The Morgan fingerprint density at radius 2 is 2.15 bits per heavy atom. The molecule has 1 N–H and O–H groups in total. The van der Waals surface area contributed by atoms with Gasteiger partial charge in [0.2, 0.25) is 0 Å². The molecule has 0 unspecified atom stereocenters. The molecule has 0 aliphatic rings. The molecule has 2 heterocycles. The van der Waals surface area contributed by atoms with Crippen molar-refractivity contribution in [3.8, 4) is 0 Å². The molecule has 3 rings (SSSR count). The van der Waals surface area contributed by atoms with Crippen molar-refractivity contribution in [2.24, 2.45) is 0 Å². The summed E-state index contributed by atoms with van der Waals surface area (Å²) in [7, 11) is 1.94. The number of imidazole rings is 1. The fourth-order valence-electron chi connectivity index (χ4n) is 2.59. The van der Waals surface area contributed by atoms with Crippen LogP contribution < -0.4 is 5.32 Å². The minimum atomic E-state index is 0.736. The van der Waals surface area contributed by atoms with E-state index in [4.69, 9.17) is 4.42 Å². The molecule has 0 aliphatic carbocycles. The third kappa shape index (κ3) is 2.23. The maximum atomic E-state index is 5.97. The molecule has 0 spiro atoms. The van der Waals surface area contributed by atoms with Gasteiger partial charge in [-0.3, -0.25) is 0 Å². The number of aromatic nitrogens is 2. The highest BCUT2D eigenvalue weighted by Crippen LogP contribution is 2.27. The van der Waals surface area contributed by atoms with Crippen LogP contribution in [0.5, 0.6) is 0 Å². The minimum absolute atomic E-state index is 0.736. The number of furan rings is 1. The van der Waals surface area contributed by atoms with Crippen molar-refractivity contribution in [3.63, 3.8) is 0 Å². The fraction of sp³-hybridized carbons (Fsp3) is 0.312. The van der Waals surface area contributed by atoms with Gasteiger partial charge in [0.15, 0.2) is 0 Å². The summed E-state index contributed by atoms with van der Waals surface area (Å²) in [4.78, 5) is 4.39. The number of hydrogen-bond donors (Lipinski definition) is 1. The third-order valence-electron chi connectivity index (χ3n) is 3.57. The molecule has 3 aromatic rings. The second-order valence-electron chi connectivity index (χ2n) is 4.86. The molecule has 2 aromatic heterocycles. The Labute approximate surface area is 118 Å². The molecule has 0 fully saturated rings. The topological polar surface area (TPSA) is 43.0 Å². The highest BCUT2D eigenvalue weighted by Gasteiger charge is 2.14. The van der Waals surface area contributed by atoms with Crippen LogP contribution in [0.2, 0.25) is 0 Å². The van der Waals surface area contributed by atoms with Crippen LogP contribution in [-0.4, -0.2) is 16.6 Å². The van der Waals surface area contributed by atoms with Gasteiger partial charge in [0, 0.05) is 29.8 Å². The van der Waals surface area contributed by atoms with E-state index in [2.05, 4.69) is 33.9 Å². The molecule has 0 saturated carbocycles. The normalized spacial score (nSPS) is 11.3. The number of aryl methyl sites for hydroxylation is 1. The van der Waals surface area contributed by atoms with Crippen molar-refractivity contribution in [2.45, 2.75) is 26.4 Å². The summed E-state index contributed by atoms with van der Waals surface area (Å²) in [5.41, 5.74) is 2.19. The predicted octanol–water partition coefficient (Wildman–Crippen LogP) is 2.96. The average molecular weight is 269 g/mol. The number of fused-ring (bicyclic) bond motifs is 1. The molecule has 0 amide bonds. The molecule has 4 heteroatoms. The van der Waals surface area contributed by atoms with E-state index >= 15 is 0 Å². The zero-order valence-corrected chi connectivity index (χ0v) is 11.9. The Bertz CT molecular complexity index is 711. The molecule has 4 nitrogen and oxygen atoms in total. The van der Waals surface area contributed by atoms with Crippen LogP contribution in [0.25, 0.3) is 11.0 Å². The number of nitrogens with zero attached hydrogens (tertiary/aromatic N) is 2. The molecule has 0 radical (unpaired) electrons. The Balaban J connectivity index is 2.06. The van der Waals surface area contributed by atoms with Crippen molar-refractivity contribution >= 4 is 11.0 Å². The van der Waals surface area contributed by atoms with Crippen molar-refractivity contribution in [1.82, 2.24) is 14.9 Å². The lowest BCUT2D eigenvalue weighted by atomic mass is 10.1. The minimum Gasteiger partial charge on any atom is -0.459 e. The largest absolute Gasteiger partial charge is 0.459 e. The number of para-hydroxylation sites is 1. The molecular weight excluding hydrogens is 250 g/mol. The van der Waals surface area contributed by atoms with Crippen LogP contribution in [0.4, 0.5) is 0 Å². The fourth-order valence-corrected chi connectivity index (χ4v) is 2.59. The van der Waals surface area contributed by atoms with Crippen molar-refractivity contribution in [3.05, 3.63) is 53.8 Å². The van der Waals surface area contributed by atoms with Gasteiger partial charge in [0.05, 0.1) is 13.1 Å². The van der Waals surface area contributed by atoms with Crippen LogP contribution in [-0.2, 0) is 19.5 Å². The second kappa shape index (κ2) is 5.51. The SMILES string of the molecule is CCc1nccn1Cc1c(CNC)oc2ccccc12. The lowest BCUT2D eigenvalue weighted by Gasteiger charge is -2.07. The van der Waals surface area contributed by atoms with E-state index in [1.54, 1.807) is 0 Å². The van der Waals surface area contributed by atoms with Crippen LogP contribution >= 0.6 is 0 Å². The van der Waals surface area contributed by atoms with Crippen LogP contribution in [0.1, 0.15) is 24.1 Å². The van der Waals surface area contributed by atoms with E-state index in [0.29, 0.717) is 0 Å². The number of benzene rings is 1. The van der Waals surface area contributed by atoms with Gasteiger partial charge < -0.3 is 14.3 Å². The lowest BCUT2D eigenvalue weighted by Crippen LogP contribution is -2.09. The van der Waals surface area contributed by atoms with Crippen molar-refractivity contribution in [1.29, 1.82) is 0 Å². The first-order valence-electron chi connectivity index (χ1n) is 6.97. The summed E-state index contributed by atoms with van der Waals surface area (Å²) < 4.78 is 8.16. The summed E-state index contributed by atoms with van der Waals surface area (Å²) in [6.07, 6.45) is 4.83. The summed E-state index contributed by atoms with van der Waals surface area (Å²) >= 11 is 0. The van der Waals surface area contributed by atoms with Crippen LogP contribution in [0.3, 0.4) is 0 Å². The summed E-state index contributed by atoms with van der Waals surface area (Å²) in [6, 6.07) is 8.20. The van der Waals surface area contributed by atoms with E-state index in [1.165, 1.54) is 10.9 Å². The van der Waals surface area contributed by atoms with Gasteiger partial charge in [-0.15, -0.1) is 0 Å². The summed E-state index contributed by atoms with van der Waals surface area (Å²) in [5, 5.41) is 4.36. The molecular formula is C16H19N3O. The van der Waals surface area contributed by atoms with E-state index < -0.39 is 0 Å². The summed E-state index contributed by atoms with van der Waals surface area (Å²) in [6.45, 7) is 3.66. The zero-order valence-electron chi connectivity index (χ0n) is 11.9. The van der Waals surface area contributed by atoms with E-state index in [0.717, 1.165) is 36.7 Å². The van der Waals surface area contributed by atoms with Gasteiger partial charge in [-0.1, -0.05) is 25.1 Å². The monoisotopic (exact) mass is 269 g/mol. The number of rotatable bonds is 5. The Hall–Kier alpha value is -2.07. The first-order chi connectivity index (χ1) is 9.83. The smallest absolute Gasteiger partial charge is 0.134 e. The Morgan fingerprint density at radius 3 is 2.95 bits per heavy atom. The third-order valence-corrected chi connectivity index (χ3v) is 3.57. The Kier molecular flexibility index (Phi) is 3.56. The lowest BCUT2D eigenvalue weighted by molar-refractivity contribution is 0.520. The molecule has 0 atom stereocenters. The molecule has 0 aliphatic heterocycles. The predicted molar refractivity (Wildman–Crippen MR) is 79.7 cm³/mol. The van der Waals surface area contributed by atoms with Gasteiger partial charge >= 0.3 is 0 Å². The van der Waals surface area contributed by atoms with E-state index in [1.807, 2.05) is 31.6 Å². The highest BCUT2D eigenvalue weighted by molar-refractivity contribution is 5.82. The van der Waals surface area contributed by atoms with E-state index in [-0.39, 0.29) is 0 Å². The van der Waals surface area contributed by atoms with Gasteiger partial charge in [0.25, 0.3) is 0 Å². The van der Waals surface area contributed by atoms with Gasteiger partial charge in [0.1, 0.15) is 17.2 Å². The van der Waals surface area contributed by atoms with Gasteiger partial charge in [-0.25, -0.2) is 4.98 Å². The number of nitrogens with one attached hydrogen (secondary N) is 1. The Morgan fingerprint density at radius 1 is 1.30 bits per heavy atom. The van der Waals surface area contributed by atoms with Gasteiger partial charge in [-0.05, 0) is 13.1 Å². The van der Waals surface area contributed by atoms with Crippen molar-refractivity contribution in [2.75, 3.05) is 7.05 Å². The van der Waals surface area contributed by atoms with Crippen molar-refractivity contribution < 1.29 is 4.42 Å². The first kappa shape index (κ1) is 12.9. The zero-order chi connectivity index (χ0) is 13.9. The number of hydrogen-bond acceptors (Lipinski definition) is 3. The molecule has 1 aromatic carbocycles. The maximum absolute atomic E-state index is 5.97. The molecule has 104 valence electrons. The molecule has 0 bridgehead atoms. The van der Waals surface area contributed by atoms with Crippen LogP contribution in [0.15, 0.2) is 41.1 Å². The summed E-state index contributed by atoms with van der Waals surface area (Å²) in [5.74, 6) is 2.11. The molecule has 0 saturated heterocycles. The molecule has 20 heavy (non-hydrogen) atoms. The second-order valence-corrected chi connectivity index (χ2v) is 4.86. The van der Waals surface area contributed by atoms with E-state index in [9.17, 15) is 0 Å². The van der Waals surface area contributed by atoms with Gasteiger partial charge in [-0.2, -0.15) is 0 Å². The van der Waals surface area contributed by atoms with Crippen LogP contribution in [0, 0.1) is 0 Å². The first-order valence-corrected chi connectivity index (χ1v) is 6.97.